The number of benzene rings is 1. The van der Waals surface area contributed by atoms with E-state index in [4.69, 9.17) is 4.74 Å². The highest BCUT2D eigenvalue weighted by Gasteiger charge is 2.24. The van der Waals surface area contributed by atoms with Crippen molar-refractivity contribution in [1.82, 2.24) is 9.88 Å². The highest BCUT2D eigenvalue weighted by atomic mass is 19.1. The number of nitrogens with zero attached hydrogens (tertiary/aromatic N) is 2. The van der Waals surface area contributed by atoms with Crippen molar-refractivity contribution in [2.24, 2.45) is 5.92 Å². The van der Waals surface area contributed by atoms with Gasteiger partial charge in [-0.3, -0.25) is 9.78 Å². The van der Waals surface area contributed by atoms with Gasteiger partial charge in [-0.25, -0.2) is 4.39 Å². The Bertz CT molecular complexity index is 655. The van der Waals surface area contributed by atoms with Gasteiger partial charge in [0.05, 0.1) is 12.2 Å². The molecule has 120 valence electrons. The van der Waals surface area contributed by atoms with E-state index in [1.165, 1.54) is 6.07 Å². The summed E-state index contributed by atoms with van der Waals surface area (Å²) in [5, 5.41) is 0. The lowest BCUT2D eigenvalue weighted by molar-refractivity contribution is 0.0659. The lowest BCUT2D eigenvalue weighted by Gasteiger charge is -2.31. The second kappa shape index (κ2) is 7.22. The summed E-state index contributed by atoms with van der Waals surface area (Å²) in [7, 11) is 0. The first-order valence-corrected chi connectivity index (χ1v) is 7.80. The molecule has 0 spiro atoms. The zero-order valence-electron chi connectivity index (χ0n) is 12.8. The fraction of sp³-hybridized carbons (Fsp3) is 0.333. The fourth-order valence-electron chi connectivity index (χ4n) is 2.74. The van der Waals surface area contributed by atoms with E-state index in [-0.39, 0.29) is 11.7 Å². The molecule has 4 nitrogen and oxygen atoms in total. The maximum Gasteiger partial charge on any atom is 0.255 e. The van der Waals surface area contributed by atoms with Gasteiger partial charge in [0.15, 0.2) is 11.6 Å². The Balaban J connectivity index is 1.49. The first-order valence-electron chi connectivity index (χ1n) is 7.80. The van der Waals surface area contributed by atoms with Crippen LogP contribution >= 0.6 is 0 Å². The predicted octanol–water partition coefficient (Wildman–Crippen LogP) is 3.15. The minimum absolute atomic E-state index is 0.0200. The molecule has 2 heterocycles. The van der Waals surface area contributed by atoms with Crippen LogP contribution in [0.2, 0.25) is 0 Å². The second-order valence-corrected chi connectivity index (χ2v) is 5.72. The average molecular weight is 314 g/mol. The zero-order chi connectivity index (χ0) is 16.1. The minimum Gasteiger partial charge on any atom is -0.490 e. The molecular weight excluding hydrogens is 295 g/mol. The molecule has 1 fully saturated rings. The SMILES string of the molecule is O=C(c1cccnc1)N1CCC(COc2ccccc2F)CC1. The van der Waals surface area contributed by atoms with Crippen LogP contribution in [0.25, 0.3) is 0 Å². The van der Waals surface area contributed by atoms with Crippen LogP contribution in [0.3, 0.4) is 0 Å². The van der Waals surface area contributed by atoms with Crippen molar-refractivity contribution >= 4 is 5.91 Å². The number of aromatic nitrogens is 1. The number of para-hydroxylation sites is 1. The first-order chi connectivity index (χ1) is 11.2. The van der Waals surface area contributed by atoms with E-state index in [0.29, 0.717) is 36.9 Å². The van der Waals surface area contributed by atoms with Crippen molar-refractivity contribution < 1.29 is 13.9 Å². The van der Waals surface area contributed by atoms with Crippen LogP contribution in [0.4, 0.5) is 4.39 Å². The molecule has 0 radical (unpaired) electrons. The molecule has 0 N–H and O–H groups in total. The molecule has 3 rings (SSSR count). The van der Waals surface area contributed by atoms with Crippen LogP contribution in [0.5, 0.6) is 5.75 Å². The van der Waals surface area contributed by atoms with Crippen molar-refractivity contribution in [2.45, 2.75) is 12.8 Å². The molecule has 1 aromatic carbocycles. The molecule has 1 saturated heterocycles. The summed E-state index contributed by atoms with van der Waals surface area (Å²) < 4.78 is 19.1. The molecule has 23 heavy (non-hydrogen) atoms. The first kappa shape index (κ1) is 15.5. The fourth-order valence-corrected chi connectivity index (χ4v) is 2.74. The van der Waals surface area contributed by atoms with Crippen LogP contribution < -0.4 is 4.74 Å². The maximum absolute atomic E-state index is 13.5. The van der Waals surface area contributed by atoms with E-state index in [0.717, 1.165) is 12.8 Å². The number of pyridine rings is 1. The van der Waals surface area contributed by atoms with Crippen LogP contribution in [-0.2, 0) is 0 Å². The third-order valence-electron chi connectivity index (χ3n) is 4.12. The molecule has 0 unspecified atom stereocenters. The number of likely N-dealkylation sites (tertiary alicyclic amines) is 1. The molecule has 0 atom stereocenters. The molecule has 2 aromatic rings. The normalized spacial score (nSPS) is 15.4. The molecule has 0 saturated carbocycles. The lowest BCUT2D eigenvalue weighted by Crippen LogP contribution is -2.39. The van der Waals surface area contributed by atoms with E-state index in [9.17, 15) is 9.18 Å². The quantitative estimate of drug-likeness (QED) is 0.870. The van der Waals surface area contributed by atoms with Gasteiger partial charge in [-0.1, -0.05) is 12.1 Å². The van der Waals surface area contributed by atoms with Gasteiger partial charge in [0.1, 0.15) is 0 Å². The lowest BCUT2D eigenvalue weighted by atomic mass is 9.97. The standard InChI is InChI=1S/C18H19FN2O2/c19-16-5-1-2-6-17(16)23-13-14-7-10-21(11-8-14)18(22)15-4-3-9-20-12-15/h1-6,9,12,14H,7-8,10-11,13H2. The molecule has 1 amide bonds. The summed E-state index contributed by atoms with van der Waals surface area (Å²) in [5.41, 5.74) is 0.619. The van der Waals surface area contributed by atoms with Crippen LogP contribution in [0.15, 0.2) is 48.8 Å². The summed E-state index contributed by atoms with van der Waals surface area (Å²) in [6.45, 7) is 1.87. The number of rotatable bonds is 4. The minimum atomic E-state index is -0.336. The monoisotopic (exact) mass is 314 g/mol. The largest absolute Gasteiger partial charge is 0.490 e. The van der Waals surface area contributed by atoms with E-state index in [1.807, 2.05) is 4.90 Å². The summed E-state index contributed by atoms with van der Waals surface area (Å²) in [5.74, 6) is 0.317. The number of carbonyl (C=O) groups excluding carboxylic acids is 1. The Morgan fingerprint density at radius 2 is 2.00 bits per heavy atom. The van der Waals surface area contributed by atoms with Crippen LogP contribution in [0, 0.1) is 11.7 Å². The van der Waals surface area contributed by atoms with Crippen molar-refractivity contribution in [1.29, 1.82) is 0 Å². The summed E-state index contributed by atoms with van der Waals surface area (Å²) in [6.07, 6.45) is 4.97. The summed E-state index contributed by atoms with van der Waals surface area (Å²) in [4.78, 5) is 18.2. The highest BCUT2D eigenvalue weighted by molar-refractivity contribution is 5.93. The third-order valence-corrected chi connectivity index (χ3v) is 4.12. The number of amides is 1. The van der Waals surface area contributed by atoms with Crippen molar-refractivity contribution in [2.75, 3.05) is 19.7 Å². The van der Waals surface area contributed by atoms with Gasteiger partial charge in [-0.05, 0) is 43.0 Å². The highest BCUT2D eigenvalue weighted by Crippen LogP contribution is 2.22. The van der Waals surface area contributed by atoms with Crippen molar-refractivity contribution in [3.63, 3.8) is 0 Å². The zero-order valence-corrected chi connectivity index (χ0v) is 12.8. The third kappa shape index (κ3) is 3.86. The maximum atomic E-state index is 13.5. The predicted molar refractivity (Wildman–Crippen MR) is 84.8 cm³/mol. The van der Waals surface area contributed by atoms with E-state index in [1.54, 1.807) is 42.7 Å². The van der Waals surface area contributed by atoms with Gasteiger partial charge in [-0.15, -0.1) is 0 Å². The van der Waals surface area contributed by atoms with Crippen LogP contribution in [-0.4, -0.2) is 35.5 Å². The van der Waals surface area contributed by atoms with Gasteiger partial charge >= 0.3 is 0 Å². The Morgan fingerprint density at radius 1 is 1.22 bits per heavy atom. The number of ether oxygens (including phenoxy) is 1. The molecular formula is C18H19FN2O2. The number of piperidine rings is 1. The van der Waals surface area contributed by atoms with Gasteiger partial charge in [-0.2, -0.15) is 0 Å². The Labute approximate surface area is 134 Å². The van der Waals surface area contributed by atoms with Crippen molar-refractivity contribution in [3.8, 4) is 5.75 Å². The van der Waals surface area contributed by atoms with Crippen LogP contribution in [0.1, 0.15) is 23.2 Å². The summed E-state index contributed by atoms with van der Waals surface area (Å²) >= 11 is 0. The van der Waals surface area contributed by atoms with Crippen molar-refractivity contribution in [3.05, 3.63) is 60.2 Å². The molecule has 1 aromatic heterocycles. The van der Waals surface area contributed by atoms with Gasteiger partial charge in [0.2, 0.25) is 0 Å². The Morgan fingerprint density at radius 3 is 2.70 bits per heavy atom. The Kier molecular flexibility index (Phi) is 4.86. The topological polar surface area (TPSA) is 42.4 Å². The Hall–Kier alpha value is -2.43. The molecule has 1 aliphatic rings. The number of hydrogen-bond acceptors (Lipinski definition) is 3. The average Bonchev–Trinajstić information content (AvgIpc) is 2.62. The van der Waals surface area contributed by atoms with E-state index < -0.39 is 0 Å². The van der Waals surface area contributed by atoms with Gasteiger partial charge in [0.25, 0.3) is 5.91 Å². The molecule has 0 bridgehead atoms. The van der Waals surface area contributed by atoms with Gasteiger partial charge in [0, 0.05) is 25.5 Å². The summed E-state index contributed by atoms with van der Waals surface area (Å²) in [6, 6.07) is 9.98. The number of hydrogen-bond donors (Lipinski definition) is 0. The molecule has 0 aliphatic carbocycles. The van der Waals surface area contributed by atoms with E-state index in [2.05, 4.69) is 4.98 Å². The molecule has 1 aliphatic heterocycles. The smallest absolute Gasteiger partial charge is 0.255 e. The second-order valence-electron chi connectivity index (χ2n) is 5.72. The van der Waals surface area contributed by atoms with E-state index >= 15 is 0 Å². The number of carbonyl (C=O) groups is 1. The number of halogens is 1. The van der Waals surface area contributed by atoms with Gasteiger partial charge < -0.3 is 9.64 Å². The molecule has 5 heteroatoms.